The zero-order chi connectivity index (χ0) is 23.9. The quantitative estimate of drug-likeness (QED) is 0.243. The Morgan fingerprint density at radius 2 is 1.40 bits per heavy atom. The van der Waals surface area contributed by atoms with Crippen molar-refractivity contribution in [2.45, 2.75) is 38.9 Å². The Morgan fingerprint density at radius 3 is 2.17 bits per heavy atom. The second-order valence-corrected chi connectivity index (χ2v) is 11.6. The Hall–Kier alpha value is -3.12. The van der Waals surface area contributed by atoms with Gasteiger partial charge in [-0.2, -0.15) is 0 Å². The minimum absolute atomic E-state index is 0.369. The molecular formula is C30H26BNO2S. The molecule has 0 bridgehead atoms. The molecule has 0 spiro atoms. The van der Waals surface area contributed by atoms with E-state index >= 15 is 0 Å². The predicted molar refractivity (Wildman–Crippen MR) is 149 cm³/mol. The number of fused-ring (bicyclic) bond motifs is 7. The van der Waals surface area contributed by atoms with E-state index in [1.807, 2.05) is 11.3 Å². The van der Waals surface area contributed by atoms with Gasteiger partial charge < -0.3 is 13.9 Å². The maximum Gasteiger partial charge on any atom is 0.494 e. The molecule has 3 heterocycles. The van der Waals surface area contributed by atoms with Crippen molar-refractivity contribution >= 4 is 65.9 Å². The van der Waals surface area contributed by atoms with Crippen molar-refractivity contribution in [3.63, 3.8) is 0 Å². The molecule has 1 aliphatic heterocycles. The highest BCUT2D eigenvalue weighted by molar-refractivity contribution is 7.26. The summed E-state index contributed by atoms with van der Waals surface area (Å²) in [6, 6.07) is 30.6. The lowest BCUT2D eigenvalue weighted by molar-refractivity contribution is 0.00578. The molecule has 6 aromatic rings. The molecule has 35 heavy (non-hydrogen) atoms. The van der Waals surface area contributed by atoms with Crippen LogP contribution in [-0.4, -0.2) is 22.9 Å². The fourth-order valence-electron chi connectivity index (χ4n) is 5.30. The van der Waals surface area contributed by atoms with Gasteiger partial charge in [0, 0.05) is 36.6 Å². The van der Waals surface area contributed by atoms with Gasteiger partial charge >= 0.3 is 7.12 Å². The zero-order valence-corrected chi connectivity index (χ0v) is 21.1. The topological polar surface area (TPSA) is 23.4 Å². The lowest BCUT2D eigenvalue weighted by Crippen LogP contribution is -2.41. The Balaban J connectivity index is 1.57. The molecule has 2 aromatic heterocycles. The molecule has 5 heteroatoms. The van der Waals surface area contributed by atoms with Crippen molar-refractivity contribution in [3.8, 4) is 5.69 Å². The highest BCUT2D eigenvalue weighted by Crippen LogP contribution is 2.43. The first-order valence-corrected chi connectivity index (χ1v) is 13.0. The lowest BCUT2D eigenvalue weighted by Gasteiger charge is -2.32. The Labute approximate surface area is 209 Å². The van der Waals surface area contributed by atoms with Gasteiger partial charge in [0.05, 0.1) is 22.2 Å². The molecule has 0 N–H and O–H groups in total. The second kappa shape index (κ2) is 7.20. The summed E-state index contributed by atoms with van der Waals surface area (Å²) in [7, 11) is -0.384. The van der Waals surface area contributed by atoms with Gasteiger partial charge in [0.2, 0.25) is 0 Å². The van der Waals surface area contributed by atoms with Crippen molar-refractivity contribution in [2.24, 2.45) is 0 Å². The normalized spacial score (nSPS) is 17.3. The van der Waals surface area contributed by atoms with Gasteiger partial charge in [-0.3, -0.25) is 0 Å². The molecule has 7 rings (SSSR count). The SMILES string of the molecule is CC1(C)OB(c2ccc3c(c2)c2ccc4sc5ccccc5c4c2n3-c2ccccc2)OC1(C)C. The molecular weight excluding hydrogens is 449 g/mol. The van der Waals surface area contributed by atoms with Crippen molar-refractivity contribution < 1.29 is 9.31 Å². The van der Waals surface area contributed by atoms with Gasteiger partial charge in [-0.25, -0.2) is 0 Å². The van der Waals surface area contributed by atoms with E-state index in [2.05, 4.69) is 117 Å². The van der Waals surface area contributed by atoms with E-state index in [0.717, 1.165) is 5.46 Å². The number of thiophene rings is 1. The third-order valence-corrected chi connectivity index (χ3v) is 8.97. The number of nitrogens with zero attached hydrogens (tertiary/aromatic N) is 1. The highest BCUT2D eigenvalue weighted by Gasteiger charge is 2.51. The number of hydrogen-bond acceptors (Lipinski definition) is 3. The van der Waals surface area contributed by atoms with Gasteiger partial charge in [-0.05, 0) is 63.5 Å². The van der Waals surface area contributed by atoms with Gasteiger partial charge in [-0.15, -0.1) is 11.3 Å². The van der Waals surface area contributed by atoms with E-state index in [4.69, 9.17) is 9.31 Å². The Morgan fingerprint density at radius 1 is 0.686 bits per heavy atom. The number of para-hydroxylation sites is 1. The van der Waals surface area contributed by atoms with E-state index in [1.54, 1.807) is 0 Å². The summed E-state index contributed by atoms with van der Waals surface area (Å²) < 4.78 is 17.8. The maximum atomic E-state index is 6.39. The van der Waals surface area contributed by atoms with Crippen LogP contribution in [-0.2, 0) is 9.31 Å². The Bertz CT molecular complexity index is 1750. The van der Waals surface area contributed by atoms with Crippen LogP contribution in [0.25, 0.3) is 47.7 Å². The summed E-state index contributed by atoms with van der Waals surface area (Å²) in [6.07, 6.45) is 0. The van der Waals surface area contributed by atoms with Crippen LogP contribution in [0.4, 0.5) is 0 Å². The van der Waals surface area contributed by atoms with Gasteiger partial charge in [0.25, 0.3) is 0 Å². The third kappa shape index (κ3) is 2.99. The standard InChI is InChI=1S/C30H26BNO2S/c1-29(2)30(3,4)34-31(33-29)19-14-16-24-23(18-19)21-15-17-26-27(22-12-8-9-13-25(22)35-26)28(21)32(24)20-10-6-5-7-11-20/h5-18H,1-4H3. The smallest absolute Gasteiger partial charge is 0.399 e. The van der Waals surface area contributed by atoms with E-state index in [1.165, 1.54) is 47.7 Å². The minimum atomic E-state index is -0.384. The molecule has 0 saturated carbocycles. The van der Waals surface area contributed by atoms with Crippen molar-refractivity contribution in [3.05, 3.63) is 84.9 Å². The van der Waals surface area contributed by atoms with Crippen LogP contribution in [0.2, 0.25) is 0 Å². The molecule has 0 amide bonds. The third-order valence-electron chi connectivity index (χ3n) is 7.83. The second-order valence-electron chi connectivity index (χ2n) is 10.5. The van der Waals surface area contributed by atoms with E-state index in [9.17, 15) is 0 Å². The molecule has 1 fully saturated rings. The number of hydrogen-bond donors (Lipinski definition) is 0. The largest absolute Gasteiger partial charge is 0.494 e. The first kappa shape index (κ1) is 21.2. The molecule has 3 nitrogen and oxygen atoms in total. The van der Waals surface area contributed by atoms with Crippen molar-refractivity contribution in [1.82, 2.24) is 4.57 Å². The molecule has 0 atom stereocenters. The molecule has 172 valence electrons. The molecule has 0 radical (unpaired) electrons. The summed E-state index contributed by atoms with van der Waals surface area (Å²) in [5.41, 5.74) is 3.93. The van der Waals surface area contributed by atoms with Crippen LogP contribution in [0.1, 0.15) is 27.7 Å². The number of rotatable bonds is 2. The van der Waals surface area contributed by atoms with Crippen molar-refractivity contribution in [1.29, 1.82) is 0 Å². The molecule has 0 aliphatic carbocycles. The average Bonchev–Trinajstić information content (AvgIpc) is 3.45. The summed E-state index contributed by atoms with van der Waals surface area (Å²) in [6.45, 7) is 8.41. The number of aromatic nitrogens is 1. The molecule has 1 aliphatic rings. The predicted octanol–water partition coefficient (Wildman–Crippen LogP) is 7.45. The summed E-state index contributed by atoms with van der Waals surface area (Å²) in [5.74, 6) is 0. The fraction of sp³-hybridized carbons (Fsp3) is 0.200. The average molecular weight is 475 g/mol. The van der Waals surface area contributed by atoms with Gasteiger partial charge in [0.1, 0.15) is 0 Å². The number of benzene rings is 4. The highest BCUT2D eigenvalue weighted by atomic mass is 32.1. The summed E-state index contributed by atoms with van der Waals surface area (Å²) in [5, 5.41) is 5.09. The van der Waals surface area contributed by atoms with Crippen LogP contribution < -0.4 is 5.46 Å². The van der Waals surface area contributed by atoms with Gasteiger partial charge in [-0.1, -0.05) is 54.6 Å². The first-order chi connectivity index (χ1) is 16.8. The minimum Gasteiger partial charge on any atom is -0.399 e. The molecule has 1 saturated heterocycles. The van der Waals surface area contributed by atoms with Crippen LogP contribution in [0.3, 0.4) is 0 Å². The van der Waals surface area contributed by atoms with Crippen LogP contribution in [0.5, 0.6) is 0 Å². The van der Waals surface area contributed by atoms with Crippen LogP contribution in [0.15, 0.2) is 84.9 Å². The molecule has 0 unspecified atom stereocenters. The van der Waals surface area contributed by atoms with Crippen molar-refractivity contribution in [2.75, 3.05) is 0 Å². The first-order valence-electron chi connectivity index (χ1n) is 12.1. The fourth-order valence-corrected chi connectivity index (χ4v) is 6.41. The van der Waals surface area contributed by atoms with E-state index in [0.29, 0.717) is 0 Å². The summed E-state index contributed by atoms with van der Waals surface area (Å²) in [4.78, 5) is 0. The van der Waals surface area contributed by atoms with E-state index < -0.39 is 0 Å². The van der Waals surface area contributed by atoms with Crippen LogP contribution in [0, 0.1) is 0 Å². The monoisotopic (exact) mass is 475 g/mol. The summed E-state index contributed by atoms with van der Waals surface area (Å²) >= 11 is 1.86. The lowest BCUT2D eigenvalue weighted by atomic mass is 9.78. The molecule has 4 aromatic carbocycles. The van der Waals surface area contributed by atoms with Gasteiger partial charge in [0.15, 0.2) is 0 Å². The van der Waals surface area contributed by atoms with E-state index in [-0.39, 0.29) is 18.3 Å². The Kier molecular flexibility index (Phi) is 4.36. The zero-order valence-electron chi connectivity index (χ0n) is 20.3. The maximum absolute atomic E-state index is 6.39. The van der Waals surface area contributed by atoms with Crippen LogP contribution >= 0.6 is 11.3 Å².